The Balaban J connectivity index is 3.12. The third-order valence-electron chi connectivity index (χ3n) is 1.73. The number of carboxylic acids is 1. The first-order chi connectivity index (χ1) is 6.56. The molecule has 0 aromatic heterocycles. The second kappa shape index (κ2) is 4.21. The van der Waals surface area contributed by atoms with Gasteiger partial charge in [-0.25, -0.2) is 9.18 Å². The Bertz CT molecular complexity index is 355. The first kappa shape index (κ1) is 10.7. The summed E-state index contributed by atoms with van der Waals surface area (Å²) in [5.41, 5.74) is -0.287. The standard InChI is InChI=1S/C8H8BFO4/c1-14-9(13)5-2-3-7(10)6(4-5)8(11)12/h2-4,13H,1H3,(H,11,12). The normalized spacial score (nSPS) is 9.93. The minimum absolute atomic E-state index is 0.200. The van der Waals surface area contributed by atoms with Gasteiger partial charge in [-0.3, -0.25) is 0 Å². The third-order valence-corrected chi connectivity index (χ3v) is 1.73. The molecule has 74 valence electrons. The maximum atomic E-state index is 12.9. The van der Waals surface area contributed by atoms with Gasteiger partial charge in [-0.05, 0) is 17.6 Å². The van der Waals surface area contributed by atoms with Crippen LogP contribution < -0.4 is 5.46 Å². The Hall–Kier alpha value is -1.40. The number of rotatable bonds is 3. The zero-order chi connectivity index (χ0) is 10.7. The van der Waals surface area contributed by atoms with Gasteiger partial charge in [0.15, 0.2) is 0 Å². The predicted octanol–water partition coefficient (Wildman–Crippen LogP) is -0.142. The van der Waals surface area contributed by atoms with E-state index >= 15 is 0 Å². The van der Waals surface area contributed by atoms with Crippen molar-refractivity contribution in [2.75, 3.05) is 7.11 Å². The fourth-order valence-electron chi connectivity index (χ4n) is 0.996. The SMILES string of the molecule is COB(O)c1ccc(F)c(C(=O)O)c1. The van der Waals surface area contributed by atoms with Crippen molar-refractivity contribution in [3.63, 3.8) is 0 Å². The zero-order valence-electron chi connectivity index (χ0n) is 7.40. The van der Waals surface area contributed by atoms with Crippen LogP contribution >= 0.6 is 0 Å². The topological polar surface area (TPSA) is 66.8 Å². The van der Waals surface area contributed by atoms with Crippen molar-refractivity contribution in [2.45, 2.75) is 0 Å². The summed E-state index contributed by atoms with van der Waals surface area (Å²) in [5.74, 6) is -2.22. The molecule has 0 unspecified atom stereocenters. The van der Waals surface area contributed by atoms with E-state index < -0.39 is 24.5 Å². The van der Waals surface area contributed by atoms with E-state index in [1.807, 2.05) is 0 Å². The molecule has 0 aliphatic rings. The minimum atomic E-state index is -1.38. The number of carbonyl (C=O) groups is 1. The Labute approximate surface area is 80.1 Å². The molecule has 1 rings (SSSR count). The summed E-state index contributed by atoms with van der Waals surface area (Å²) in [6.07, 6.45) is 0. The van der Waals surface area contributed by atoms with Crippen molar-refractivity contribution in [3.8, 4) is 0 Å². The summed E-state index contributed by atoms with van der Waals surface area (Å²) in [7, 11) is 0.0165. The summed E-state index contributed by atoms with van der Waals surface area (Å²) in [4.78, 5) is 10.5. The summed E-state index contributed by atoms with van der Waals surface area (Å²) in [5, 5.41) is 17.8. The molecule has 0 fully saturated rings. The van der Waals surface area contributed by atoms with Gasteiger partial charge in [0.25, 0.3) is 0 Å². The predicted molar refractivity (Wildman–Crippen MR) is 48.0 cm³/mol. The first-order valence-corrected chi connectivity index (χ1v) is 3.80. The highest BCUT2D eigenvalue weighted by Crippen LogP contribution is 2.05. The molecule has 0 radical (unpaired) electrons. The van der Waals surface area contributed by atoms with Crippen LogP contribution in [0.4, 0.5) is 4.39 Å². The maximum absolute atomic E-state index is 12.9. The quantitative estimate of drug-likeness (QED) is 0.663. The number of carboxylic acid groups (broad SMARTS) is 1. The van der Waals surface area contributed by atoms with Crippen LogP contribution in [0, 0.1) is 5.82 Å². The van der Waals surface area contributed by atoms with Gasteiger partial charge >= 0.3 is 13.1 Å². The summed E-state index contributed by atoms with van der Waals surface area (Å²) in [6, 6.07) is 3.27. The molecule has 0 atom stereocenters. The van der Waals surface area contributed by atoms with Gasteiger partial charge in [0.05, 0.1) is 5.56 Å². The van der Waals surface area contributed by atoms with E-state index in [0.29, 0.717) is 0 Å². The number of halogens is 1. The van der Waals surface area contributed by atoms with Crippen molar-refractivity contribution in [3.05, 3.63) is 29.6 Å². The molecule has 0 saturated heterocycles. The van der Waals surface area contributed by atoms with Gasteiger partial charge in [0, 0.05) is 7.11 Å². The van der Waals surface area contributed by atoms with E-state index in [2.05, 4.69) is 4.65 Å². The second-order valence-corrected chi connectivity index (χ2v) is 2.63. The first-order valence-electron chi connectivity index (χ1n) is 3.80. The highest BCUT2D eigenvalue weighted by Gasteiger charge is 2.18. The molecule has 0 bridgehead atoms. The Morgan fingerprint density at radius 1 is 1.57 bits per heavy atom. The Morgan fingerprint density at radius 3 is 2.71 bits per heavy atom. The van der Waals surface area contributed by atoms with Gasteiger partial charge in [-0.2, -0.15) is 0 Å². The molecule has 0 amide bonds. The molecule has 6 heteroatoms. The largest absolute Gasteiger partial charge is 0.490 e. The fraction of sp³-hybridized carbons (Fsp3) is 0.125. The molecule has 0 aliphatic carbocycles. The molecule has 4 nitrogen and oxygen atoms in total. The molecule has 2 N–H and O–H groups in total. The molecule has 1 aromatic carbocycles. The number of hydrogen-bond donors (Lipinski definition) is 2. The van der Waals surface area contributed by atoms with Gasteiger partial charge in [0.2, 0.25) is 0 Å². The Morgan fingerprint density at radius 2 is 2.21 bits per heavy atom. The van der Waals surface area contributed by atoms with E-state index in [1.165, 1.54) is 13.2 Å². The van der Waals surface area contributed by atoms with Gasteiger partial charge in [-0.15, -0.1) is 0 Å². The fourth-order valence-corrected chi connectivity index (χ4v) is 0.996. The van der Waals surface area contributed by atoms with Gasteiger partial charge < -0.3 is 14.8 Å². The summed E-state index contributed by atoms with van der Waals surface area (Å²) < 4.78 is 17.4. The van der Waals surface area contributed by atoms with Crippen LogP contribution in [0.25, 0.3) is 0 Å². The number of aromatic carboxylic acids is 1. The van der Waals surface area contributed by atoms with E-state index in [9.17, 15) is 14.2 Å². The average molecular weight is 198 g/mol. The molecule has 0 saturated carbocycles. The van der Waals surface area contributed by atoms with Crippen LogP contribution in [0.5, 0.6) is 0 Å². The molecule has 0 heterocycles. The van der Waals surface area contributed by atoms with Crippen LogP contribution in [0.3, 0.4) is 0 Å². The highest BCUT2D eigenvalue weighted by atomic mass is 19.1. The minimum Gasteiger partial charge on any atom is -0.478 e. The van der Waals surface area contributed by atoms with Crippen molar-refractivity contribution < 1.29 is 24.0 Å². The number of benzene rings is 1. The lowest BCUT2D eigenvalue weighted by molar-refractivity contribution is 0.0692. The van der Waals surface area contributed by atoms with Crippen molar-refractivity contribution >= 4 is 18.6 Å². The van der Waals surface area contributed by atoms with Crippen LogP contribution in [-0.4, -0.2) is 30.3 Å². The maximum Gasteiger partial charge on any atom is 0.490 e. The number of hydrogen-bond acceptors (Lipinski definition) is 3. The van der Waals surface area contributed by atoms with E-state index in [4.69, 9.17) is 5.11 Å². The van der Waals surface area contributed by atoms with Crippen molar-refractivity contribution in [1.82, 2.24) is 0 Å². The van der Waals surface area contributed by atoms with Crippen LogP contribution in [-0.2, 0) is 4.65 Å². The lowest BCUT2D eigenvalue weighted by Crippen LogP contribution is -2.33. The molecule has 14 heavy (non-hydrogen) atoms. The lowest BCUT2D eigenvalue weighted by atomic mass is 9.79. The summed E-state index contributed by atoms with van der Waals surface area (Å²) in [6.45, 7) is 0. The van der Waals surface area contributed by atoms with Gasteiger partial charge in [-0.1, -0.05) is 6.07 Å². The van der Waals surface area contributed by atoms with Gasteiger partial charge in [0.1, 0.15) is 5.82 Å². The molecular formula is C8H8BFO4. The molecule has 0 spiro atoms. The van der Waals surface area contributed by atoms with E-state index in [1.54, 1.807) is 0 Å². The van der Waals surface area contributed by atoms with Crippen LogP contribution in [0.2, 0.25) is 0 Å². The molecular weight excluding hydrogens is 190 g/mol. The molecule has 0 aliphatic heterocycles. The Kier molecular flexibility index (Phi) is 3.21. The van der Waals surface area contributed by atoms with E-state index in [-0.39, 0.29) is 5.46 Å². The monoisotopic (exact) mass is 198 g/mol. The zero-order valence-corrected chi connectivity index (χ0v) is 7.40. The average Bonchev–Trinajstić information content (AvgIpc) is 2.17. The van der Waals surface area contributed by atoms with Crippen molar-refractivity contribution in [1.29, 1.82) is 0 Å². The highest BCUT2D eigenvalue weighted by molar-refractivity contribution is 6.60. The van der Waals surface area contributed by atoms with E-state index in [0.717, 1.165) is 12.1 Å². The summed E-state index contributed by atoms with van der Waals surface area (Å²) >= 11 is 0. The third kappa shape index (κ3) is 2.10. The lowest BCUT2D eigenvalue weighted by Gasteiger charge is -2.05. The molecule has 1 aromatic rings. The van der Waals surface area contributed by atoms with Crippen LogP contribution in [0.15, 0.2) is 18.2 Å². The smallest absolute Gasteiger partial charge is 0.478 e. The second-order valence-electron chi connectivity index (χ2n) is 2.63. The van der Waals surface area contributed by atoms with Crippen molar-refractivity contribution in [2.24, 2.45) is 0 Å². The van der Waals surface area contributed by atoms with Crippen LogP contribution in [0.1, 0.15) is 10.4 Å².